The highest BCUT2D eigenvalue weighted by Crippen LogP contribution is 2.37. The van der Waals surface area contributed by atoms with Crippen LogP contribution < -0.4 is 5.32 Å². The van der Waals surface area contributed by atoms with Gasteiger partial charge in [0.05, 0.1) is 12.7 Å². The highest BCUT2D eigenvalue weighted by Gasteiger charge is 2.39. The van der Waals surface area contributed by atoms with E-state index >= 15 is 0 Å². The Hall–Kier alpha value is -0.930. The van der Waals surface area contributed by atoms with Crippen molar-refractivity contribution in [2.24, 2.45) is 5.41 Å². The zero-order chi connectivity index (χ0) is 14.6. The molecule has 0 saturated heterocycles. The van der Waals surface area contributed by atoms with Crippen LogP contribution in [-0.4, -0.2) is 18.7 Å². The van der Waals surface area contributed by atoms with Crippen molar-refractivity contribution in [3.8, 4) is 0 Å². The van der Waals surface area contributed by atoms with Gasteiger partial charge in [0, 0.05) is 11.6 Å². The standard InChI is InChI=1S/C17H26FNO/c1-4-19-16-15(10-7-11-17(16,2)3)20-12-13-8-5-6-9-14(13)18/h5-6,8-9,15-16,19H,4,7,10-12H2,1-3H3. The number of ether oxygens (including phenoxy) is 1. The zero-order valence-corrected chi connectivity index (χ0v) is 12.8. The van der Waals surface area contributed by atoms with E-state index in [0.29, 0.717) is 18.2 Å². The second-order valence-electron chi connectivity index (χ2n) is 6.36. The molecule has 1 aliphatic rings. The van der Waals surface area contributed by atoms with Crippen molar-refractivity contribution in [3.05, 3.63) is 35.6 Å². The highest BCUT2D eigenvalue weighted by molar-refractivity contribution is 5.16. The van der Waals surface area contributed by atoms with Crippen molar-refractivity contribution in [3.63, 3.8) is 0 Å². The molecule has 2 atom stereocenters. The molecular weight excluding hydrogens is 253 g/mol. The minimum atomic E-state index is -0.178. The van der Waals surface area contributed by atoms with Crippen molar-refractivity contribution in [2.75, 3.05) is 6.54 Å². The first-order valence-corrected chi connectivity index (χ1v) is 7.63. The van der Waals surface area contributed by atoms with Crippen LogP contribution in [0.25, 0.3) is 0 Å². The molecule has 0 amide bonds. The molecule has 1 N–H and O–H groups in total. The zero-order valence-electron chi connectivity index (χ0n) is 12.8. The van der Waals surface area contributed by atoms with Gasteiger partial charge in [-0.15, -0.1) is 0 Å². The molecule has 1 fully saturated rings. The summed E-state index contributed by atoms with van der Waals surface area (Å²) >= 11 is 0. The van der Waals surface area contributed by atoms with Crippen LogP contribution in [0.15, 0.2) is 24.3 Å². The summed E-state index contributed by atoms with van der Waals surface area (Å²) in [6, 6.07) is 7.20. The lowest BCUT2D eigenvalue weighted by Crippen LogP contribution is -2.53. The second kappa shape index (κ2) is 6.68. The van der Waals surface area contributed by atoms with Crippen LogP contribution >= 0.6 is 0 Å². The van der Waals surface area contributed by atoms with E-state index in [4.69, 9.17) is 4.74 Å². The van der Waals surface area contributed by atoms with Crippen molar-refractivity contribution >= 4 is 0 Å². The Morgan fingerprint density at radius 1 is 1.35 bits per heavy atom. The maximum Gasteiger partial charge on any atom is 0.128 e. The lowest BCUT2D eigenvalue weighted by atomic mass is 9.71. The average Bonchev–Trinajstić information content (AvgIpc) is 2.41. The molecule has 0 aliphatic heterocycles. The van der Waals surface area contributed by atoms with Crippen molar-refractivity contribution in [1.82, 2.24) is 5.32 Å². The third kappa shape index (κ3) is 3.58. The predicted octanol–water partition coefficient (Wildman–Crippen LogP) is 3.90. The van der Waals surface area contributed by atoms with Gasteiger partial charge in [0.15, 0.2) is 0 Å². The van der Waals surface area contributed by atoms with Crippen LogP contribution in [0.5, 0.6) is 0 Å². The number of likely N-dealkylation sites (N-methyl/N-ethyl adjacent to an activating group) is 1. The molecule has 0 spiro atoms. The van der Waals surface area contributed by atoms with E-state index in [-0.39, 0.29) is 17.3 Å². The minimum Gasteiger partial charge on any atom is -0.372 e. The first-order chi connectivity index (χ1) is 9.54. The maximum atomic E-state index is 13.6. The number of halogens is 1. The average molecular weight is 279 g/mol. The molecule has 1 aliphatic carbocycles. The van der Waals surface area contributed by atoms with Crippen LogP contribution in [-0.2, 0) is 11.3 Å². The van der Waals surface area contributed by atoms with E-state index in [2.05, 4.69) is 26.1 Å². The van der Waals surface area contributed by atoms with Gasteiger partial charge in [-0.25, -0.2) is 4.39 Å². The number of hydrogen-bond acceptors (Lipinski definition) is 2. The van der Waals surface area contributed by atoms with Gasteiger partial charge in [-0.05, 0) is 30.9 Å². The summed E-state index contributed by atoms with van der Waals surface area (Å²) in [7, 11) is 0. The molecule has 20 heavy (non-hydrogen) atoms. The molecule has 1 aromatic rings. The van der Waals surface area contributed by atoms with Crippen LogP contribution in [0, 0.1) is 11.2 Å². The molecule has 2 rings (SSSR count). The molecule has 1 aromatic carbocycles. The van der Waals surface area contributed by atoms with Gasteiger partial charge >= 0.3 is 0 Å². The van der Waals surface area contributed by atoms with E-state index in [1.165, 1.54) is 18.9 Å². The molecule has 2 nitrogen and oxygen atoms in total. The lowest BCUT2D eigenvalue weighted by Gasteiger charge is -2.44. The summed E-state index contributed by atoms with van der Waals surface area (Å²) in [5, 5.41) is 3.56. The Bertz CT molecular complexity index is 433. The largest absolute Gasteiger partial charge is 0.372 e. The monoisotopic (exact) mass is 279 g/mol. The van der Waals surface area contributed by atoms with Gasteiger partial charge in [-0.1, -0.05) is 45.4 Å². The van der Waals surface area contributed by atoms with E-state index in [1.807, 2.05) is 6.07 Å². The van der Waals surface area contributed by atoms with Gasteiger partial charge in [-0.3, -0.25) is 0 Å². The lowest BCUT2D eigenvalue weighted by molar-refractivity contribution is -0.0458. The number of hydrogen-bond donors (Lipinski definition) is 1. The normalized spacial score (nSPS) is 25.6. The predicted molar refractivity (Wildman–Crippen MR) is 80.1 cm³/mol. The third-order valence-corrected chi connectivity index (χ3v) is 4.36. The molecular formula is C17H26FNO. The van der Waals surface area contributed by atoms with Gasteiger partial charge in [-0.2, -0.15) is 0 Å². The molecule has 112 valence electrons. The van der Waals surface area contributed by atoms with Gasteiger partial charge in [0.1, 0.15) is 5.82 Å². The fraction of sp³-hybridized carbons (Fsp3) is 0.647. The van der Waals surface area contributed by atoms with Crippen molar-refractivity contribution in [1.29, 1.82) is 0 Å². The maximum absolute atomic E-state index is 13.6. The Labute approximate surface area is 121 Å². The molecule has 0 aromatic heterocycles. The number of nitrogens with one attached hydrogen (secondary N) is 1. The van der Waals surface area contributed by atoms with Gasteiger partial charge in [0.25, 0.3) is 0 Å². The van der Waals surface area contributed by atoms with Gasteiger partial charge in [0.2, 0.25) is 0 Å². The summed E-state index contributed by atoms with van der Waals surface area (Å²) in [6.07, 6.45) is 3.61. The first kappa shape index (κ1) is 15.5. The topological polar surface area (TPSA) is 21.3 Å². The SMILES string of the molecule is CCNC1C(OCc2ccccc2F)CCCC1(C)C. The quantitative estimate of drug-likeness (QED) is 0.882. The van der Waals surface area contributed by atoms with E-state index in [1.54, 1.807) is 12.1 Å². The smallest absolute Gasteiger partial charge is 0.128 e. The van der Waals surface area contributed by atoms with Crippen LogP contribution in [0.3, 0.4) is 0 Å². The number of rotatable bonds is 5. The third-order valence-electron chi connectivity index (χ3n) is 4.36. The summed E-state index contributed by atoms with van der Waals surface area (Å²) in [4.78, 5) is 0. The fourth-order valence-electron chi connectivity index (χ4n) is 3.20. The molecule has 0 radical (unpaired) electrons. The summed E-state index contributed by atoms with van der Waals surface area (Å²) in [6.45, 7) is 8.00. The molecule has 1 saturated carbocycles. The Morgan fingerprint density at radius 3 is 2.80 bits per heavy atom. The number of benzene rings is 1. The van der Waals surface area contributed by atoms with E-state index in [9.17, 15) is 4.39 Å². The minimum absolute atomic E-state index is 0.165. The Morgan fingerprint density at radius 2 is 2.10 bits per heavy atom. The molecule has 0 bridgehead atoms. The van der Waals surface area contributed by atoms with E-state index < -0.39 is 0 Å². The van der Waals surface area contributed by atoms with Crippen molar-refractivity contribution < 1.29 is 9.13 Å². The molecule has 0 heterocycles. The van der Waals surface area contributed by atoms with Crippen LogP contribution in [0.4, 0.5) is 4.39 Å². The molecule has 2 unspecified atom stereocenters. The van der Waals surface area contributed by atoms with E-state index in [0.717, 1.165) is 13.0 Å². The molecule has 3 heteroatoms. The Balaban J connectivity index is 2.01. The van der Waals surface area contributed by atoms with Crippen LogP contribution in [0.1, 0.15) is 45.6 Å². The summed E-state index contributed by atoms with van der Waals surface area (Å²) in [5.41, 5.74) is 0.875. The van der Waals surface area contributed by atoms with Crippen molar-refractivity contribution in [2.45, 2.75) is 58.8 Å². The first-order valence-electron chi connectivity index (χ1n) is 7.63. The second-order valence-corrected chi connectivity index (χ2v) is 6.36. The summed E-state index contributed by atoms with van der Waals surface area (Å²) < 4.78 is 19.7. The van der Waals surface area contributed by atoms with Crippen LogP contribution in [0.2, 0.25) is 0 Å². The Kier molecular flexibility index (Phi) is 5.17. The fourth-order valence-corrected chi connectivity index (χ4v) is 3.20. The highest BCUT2D eigenvalue weighted by atomic mass is 19.1. The van der Waals surface area contributed by atoms with Gasteiger partial charge < -0.3 is 10.1 Å². The summed E-state index contributed by atoms with van der Waals surface area (Å²) in [5.74, 6) is -0.178.